The third-order valence-corrected chi connectivity index (χ3v) is 3.58. The van der Waals surface area contributed by atoms with Crippen molar-refractivity contribution in [1.29, 1.82) is 0 Å². The van der Waals surface area contributed by atoms with Crippen molar-refractivity contribution in [2.24, 2.45) is 5.10 Å². The number of nitro benzene ring substituents is 1. The maximum Gasteiger partial charge on any atom is 0.274 e. The minimum Gasteiger partial charge on any atom is -0.507 e. The zero-order valence-electron chi connectivity index (χ0n) is 13.9. The average molecular weight is 366 g/mol. The summed E-state index contributed by atoms with van der Waals surface area (Å²) in [4.78, 5) is 24.8. The number of non-ortho nitro benzene ring substituents is 1. The van der Waals surface area contributed by atoms with E-state index in [4.69, 9.17) is 0 Å². The molecule has 3 aromatic rings. The third-order valence-electron chi connectivity index (χ3n) is 3.58. The van der Waals surface area contributed by atoms with Crippen LogP contribution in [0.1, 0.15) is 16.8 Å². The van der Waals surface area contributed by atoms with Gasteiger partial charge in [0.05, 0.1) is 11.1 Å². The van der Waals surface area contributed by atoms with Crippen LogP contribution in [-0.4, -0.2) is 31.4 Å². The van der Waals surface area contributed by atoms with Gasteiger partial charge in [0.25, 0.3) is 11.2 Å². The van der Waals surface area contributed by atoms with Gasteiger partial charge in [-0.25, -0.2) is 5.43 Å². The molecule has 10 heteroatoms. The Bertz CT molecular complexity index is 1050. The number of aromatic nitrogens is 3. The summed E-state index contributed by atoms with van der Waals surface area (Å²) in [5.41, 5.74) is 3.18. The maximum absolute atomic E-state index is 12.1. The Morgan fingerprint density at radius 2 is 2.00 bits per heavy atom. The SMILES string of the molecule is O=c1[nH]c(N/N=C\c2cc([N+](=O)[O-])ccc2O)nnc1Cc1ccccc1. The van der Waals surface area contributed by atoms with E-state index in [1.54, 1.807) is 0 Å². The van der Waals surface area contributed by atoms with Crippen LogP contribution in [-0.2, 0) is 6.42 Å². The minimum absolute atomic E-state index is 0.00187. The quantitative estimate of drug-likeness (QED) is 0.342. The van der Waals surface area contributed by atoms with Gasteiger partial charge in [-0.05, 0) is 11.6 Å². The molecule has 0 atom stereocenters. The van der Waals surface area contributed by atoms with Crippen LogP contribution in [0.4, 0.5) is 11.6 Å². The van der Waals surface area contributed by atoms with Crippen molar-refractivity contribution < 1.29 is 10.0 Å². The highest BCUT2D eigenvalue weighted by molar-refractivity contribution is 5.84. The third kappa shape index (κ3) is 4.51. The van der Waals surface area contributed by atoms with Crippen molar-refractivity contribution in [1.82, 2.24) is 15.2 Å². The molecule has 0 unspecified atom stereocenters. The number of anilines is 1. The maximum atomic E-state index is 12.1. The summed E-state index contributed by atoms with van der Waals surface area (Å²) in [5.74, 6) is -0.179. The summed E-state index contributed by atoms with van der Waals surface area (Å²) in [6.45, 7) is 0. The number of nitrogens with one attached hydrogen (secondary N) is 2. The van der Waals surface area contributed by atoms with Gasteiger partial charge in [-0.1, -0.05) is 30.3 Å². The largest absolute Gasteiger partial charge is 0.507 e. The number of rotatable bonds is 6. The zero-order chi connectivity index (χ0) is 19.2. The van der Waals surface area contributed by atoms with Crippen molar-refractivity contribution >= 4 is 17.9 Å². The lowest BCUT2D eigenvalue weighted by Gasteiger charge is -2.02. The number of phenolic OH excluding ortho intramolecular Hbond substituents is 1. The monoisotopic (exact) mass is 366 g/mol. The van der Waals surface area contributed by atoms with Crippen LogP contribution in [0, 0.1) is 10.1 Å². The van der Waals surface area contributed by atoms with Crippen molar-refractivity contribution in [3.05, 3.63) is 85.8 Å². The number of aromatic amines is 1. The first-order valence-corrected chi connectivity index (χ1v) is 7.79. The van der Waals surface area contributed by atoms with Crippen LogP contribution < -0.4 is 11.0 Å². The van der Waals surface area contributed by atoms with Gasteiger partial charge in [-0.15, -0.1) is 10.2 Å². The van der Waals surface area contributed by atoms with Crippen LogP contribution in [0.3, 0.4) is 0 Å². The molecule has 0 fully saturated rings. The van der Waals surface area contributed by atoms with E-state index in [2.05, 4.69) is 25.7 Å². The summed E-state index contributed by atoms with van der Waals surface area (Å²) < 4.78 is 0. The van der Waals surface area contributed by atoms with Gasteiger partial charge in [-0.3, -0.25) is 19.9 Å². The Hall–Kier alpha value is -4.08. The first-order valence-electron chi connectivity index (χ1n) is 7.79. The number of hydrogen-bond acceptors (Lipinski definition) is 8. The van der Waals surface area contributed by atoms with Gasteiger partial charge in [-0.2, -0.15) is 5.10 Å². The topological polar surface area (TPSA) is 146 Å². The van der Waals surface area contributed by atoms with Crippen molar-refractivity contribution in [3.63, 3.8) is 0 Å². The predicted octanol–water partition coefficient (Wildman–Crippen LogP) is 1.82. The first kappa shape index (κ1) is 17.7. The summed E-state index contributed by atoms with van der Waals surface area (Å²) in [6.07, 6.45) is 1.51. The molecule has 0 spiro atoms. The second-order valence-electron chi connectivity index (χ2n) is 5.48. The number of benzene rings is 2. The number of nitrogens with zero attached hydrogens (tertiary/aromatic N) is 4. The summed E-state index contributed by atoms with van der Waals surface area (Å²) in [5, 5.41) is 32.0. The molecule has 27 heavy (non-hydrogen) atoms. The van der Waals surface area contributed by atoms with E-state index >= 15 is 0 Å². The first-order chi connectivity index (χ1) is 13.0. The molecule has 1 heterocycles. The van der Waals surface area contributed by atoms with E-state index in [9.17, 15) is 20.0 Å². The van der Waals surface area contributed by atoms with Gasteiger partial charge < -0.3 is 5.11 Å². The molecule has 0 aliphatic carbocycles. The lowest BCUT2D eigenvalue weighted by molar-refractivity contribution is -0.384. The molecule has 0 aliphatic heterocycles. The summed E-state index contributed by atoms with van der Waals surface area (Å²) in [6, 6.07) is 12.9. The highest BCUT2D eigenvalue weighted by Crippen LogP contribution is 2.21. The molecule has 2 aromatic carbocycles. The lowest BCUT2D eigenvalue weighted by atomic mass is 10.1. The molecule has 3 N–H and O–H groups in total. The molecular weight excluding hydrogens is 352 g/mol. The van der Waals surface area contributed by atoms with Crippen LogP contribution in [0.25, 0.3) is 0 Å². The van der Waals surface area contributed by atoms with E-state index in [0.717, 1.165) is 11.6 Å². The fourth-order valence-electron chi connectivity index (χ4n) is 2.24. The number of aromatic hydroxyl groups is 1. The fraction of sp³-hybridized carbons (Fsp3) is 0.0588. The Morgan fingerprint density at radius 3 is 2.70 bits per heavy atom. The molecule has 0 saturated carbocycles. The molecular formula is C17H14N6O4. The molecule has 3 rings (SSSR count). The Balaban J connectivity index is 1.71. The Kier molecular flexibility index (Phi) is 5.17. The summed E-state index contributed by atoms with van der Waals surface area (Å²) >= 11 is 0. The fourth-order valence-corrected chi connectivity index (χ4v) is 2.24. The average Bonchev–Trinajstić information content (AvgIpc) is 2.66. The second kappa shape index (κ2) is 7.87. The number of hydrazone groups is 1. The Morgan fingerprint density at radius 1 is 1.22 bits per heavy atom. The standard InChI is InChI=1S/C17H14N6O4/c24-15-7-6-13(23(26)27)9-12(15)10-18-21-17-19-16(25)14(20-22-17)8-11-4-2-1-3-5-11/h1-7,9-10,24H,8H2,(H2,19,21,22,25)/b18-10-. The highest BCUT2D eigenvalue weighted by atomic mass is 16.6. The molecule has 0 bridgehead atoms. The van der Waals surface area contributed by atoms with Gasteiger partial charge in [0.1, 0.15) is 11.4 Å². The van der Waals surface area contributed by atoms with Gasteiger partial charge in [0.15, 0.2) is 0 Å². The highest BCUT2D eigenvalue weighted by Gasteiger charge is 2.09. The molecule has 0 saturated heterocycles. The molecule has 1 aromatic heterocycles. The zero-order valence-corrected chi connectivity index (χ0v) is 13.9. The number of nitro groups is 1. The van der Waals surface area contributed by atoms with E-state index < -0.39 is 10.5 Å². The normalized spacial score (nSPS) is 10.8. The van der Waals surface area contributed by atoms with Crippen LogP contribution >= 0.6 is 0 Å². The van der Waals surface area contributed by atoms with E-state index in [1.165, 1.54) is 18.3 Å². The van der Waals surface area contributed by atoms with Crippen molar-refractivity contribution in [3.8, 4) is 5.75 Å². The smallest absolute Gasteiger partial charge is 0.274 e. The van der Waals surface area contributed by atoms with Gasteiger partial charge in [0.2, 0.25) is 5.95 Å². The second-order valence-corrected chi connectivity index (χ2v) is 5.48. The van der Waals surface area contributed by atoms with Gasteiger partial charge in [0, 0.05) is 24.1 Å². The molecule has 0 amide bonds. The molecule has 0 aliphatic rings. The molecule has 10 nitrogen and oxygen atoms in total. The van der Waals surface area contributed by atoms with Crippen molar-refractivity contribution in [2.45, 2.75) is 6.42 Å². The summed E-state index contributed by atoms with van der Waals surface area (Å²) in [7, 11) is 0. The van der Waals surface area contributed by atoms with Crippen molar-refractivity contribution in [2.75, 3.05) is 5.43 Å². The van der Waals surface area contributed by atoms with E-state index in [-0.39, 0.29) is 28.6 Å². The van der Waals surface area contributed by atoms with Crippen LogP contribution in [0.15, 0.2) is 58.4 Å². The van der Waals surface area contributed by atoms with Crippen LogP contribution in [0.5, 0.6) is 5.75 Å². The molecule has 0 radical (unpaired) electrons. The van der Waals surface area contributed by atoms with E-state index in [1.807, 2.05) is 30.3 Å². The number of hydrogen-bond donors (Lipinski definition) is 3. The Labute approximate surface area is 152 Å². The predicted molar refractivity (Wildman–Crippen MR) is 97.9 cm³/mol. The van der Waals surface area contributed by atoms with E-state index in [0.29, 0.717) is 6.42 Å². The van der Waals surface area contributed by atoms with Gasteiger partial charge >= 0.3 is 0 Å². The molecule has 136 valence electrons. The lowest BCUT2D eigenvalue weighted by Crippen LogP contribution is -2.18. The van der Waals surface area contributed by atoms with Crippen LogP contribution in [0.2, 0.25) is 0 Å². The number of H-pyrrole nitrogens is 1. The minimum atomic E-state index is -0.585. The number of phenols is 1.